The molecule has 26 heavy (non-hydrogen) atoms. The van der Waals surface area contributed by atoms with Gasteiger partial charge in [0, 0.05) is 12.0 Å². The lowest BCUT2D eigenvalue weighted by Gasteiger charge is -2.52. The predicted molar refractivity (Wildman–Crippen MR) is 65.5 cm³/mol. The molecule has 1 rings (SSSR count). The van der Waals surface area contributed by atoms with E-state index in [2.05, 4.69) is 16.1 Å². The highest BCUT2D eigenvalue weighted by atomic mass is 19.4. The Morgan fingerprint density at radius 1 is 1.00 bits per heavy atom. The molecule has 1 heterocycles. The molecule has 1 fully saturated rings. The fourth-order valence-electron chi connectivity index (χ4n) is 2.35. The molecule has 4 nitrogen and oxygen atoms in total. The average molecular weight is 404 g/mol. The number of hydrogen-bond acceptors (Lipinski definition) is 4. The van der Waals surface area contributed by atoms with Gasteiger partial charge in [0.05, 0.1) is 6.42 Å². The zero-order chi connectivity index (χ0) is 21.0. The molecular formula is C13H13F9O4. The van der Waals surface area contributed by atoms with Crippen LogP contribution >= 0.6 is 0 Å². The molecule has 1 N–H and O–H groups in total. The van der Waals surface area contributed by atoms with Crippen molar-refractivity contribution in [2.45, 2.75) is 62.2 Å². The van der Waals surface area contributed by atoms with E-state index in [0.29, 0.717) is 0 Å². The van der Waals surface area contributed by atoms with Gasteiger partial charge in [-0.1, -0.05) is 6.58 Å². The van der Waals surface area contributed by atoms with Crippen LogP contribution in [0.2, 0.25) is 0 Å². The molecule has 0 aromatic rings. The Labute approximate surface area is 140 Å². The maximum absolute atomic E-state index is 13.5. The Morgan fingerprint density at radius 3 is 1.77 bits per heavy atom. The SMILES string of the molecule is C=C(C)C(=O)O[C@@]1(C(F)(F)F)CC(C)(C(F)(F)F)OC(O)(C(F)(F)F)C1. The van der Waals surface area contributed by atoms with Crippen molar-refractivity contribution in [3.05, 3.63) is 12.2 Å². The van der Waals surface area contributed by atoms with Gasteiger partial charge in [0.2, 0.25) is 5.60 Å². The number of hydrogen-bond donors (Lipinski definition) is 1. The zero-order valence-corrected chi connectivity index (χ0v) is 13.2. The summed E-state index contributed by atoms with van der Waals surface area (Å²) >= 11 is 0. The summed E-state index contributed by atoms with van der Waals surface area (Å²) in [5, 5.41) is 9.50. The Bertz CT molecular complexity index is 564. The van der Waals surface area contributed by atoms with Crippen molar-refractivity contribution < 1.29 is 58.9 Å². The van der Waals surface area contributed by atoms with Crippen LogP contribution in [0.5, 0.6) is 0 Å². The summed E-state index contributed by atoms with van der Waals surface area (Å²) in [5.41, 5.74) is -9.15. The van der Waals surface area contributed by atoms with Gasteiger partial charge in [-0.15, -0.1) is 0 Å². The fourth-order valence-corrected chi connectivity index (χ4v) is 2.35. The van der Waals surface area contributed by atoms with Gasteiger partial charge in [-0.25, -0.2) is 4.79 Å². The van der Waals surface area contributed by atoms with Gasteiger partial charge >= 0.3 is 24.5 Å². The number of alkyl halides is 9. The molecular weight excluding hydrogens is 391 g/mol. The van der Waals surface area contributed by atoms with Crippen molar-refractivity contribution in [2.24, 2.45) is 0 Å². The standard InChI is InChI=1S/C13H13F9O4/c1-6(2)7(23)25-9(12(17,18)19)4-8(3,11(14,15)16)26-10(24,5-9)13(20,21)22/h24H,1,4-5H2,2-3H3/t8?,9-,10?/m0/s1. The van der Waals surface area contributed by atoms with E-state index in [0.717, 1.165) is 6.92 Å². The third-order valence-corrected chi connectivity index (χ3v) is 3.74. The largest absolute Gasteiger partial charge is 0.446 e. The van der Waals surface area contributed by atoms with E-state index in [9.17, 15) is 49.4 Å². The molecule has 0 bridgehead atoms. The molecule has 152 valence electrons. The maximum Gasteiger partial charge on any atom is 0.443 e. The van der Waals surface area contributed by atoms with Gasteiger partial charge in [-0.3, -0.25) is 0 Å². The smallest absolute Gasteiger partial charge is 0.443 e. The van der Waals surface area contributed by atoms with E-state index in [1.54, 1.807) is 0 Å². The molecule has 0 radical (unpaired) electrons. The van der Waals surface area contributed by atoms with E-state index >= 15 is 0 Å². The Balaban J connectivity index is 3.66. The number of carbonyl (C=O) groups excluding carboxylic acids is 1. The zero-order valence-electron chi connectivity index (χ0n) is 13.2. The predicted octanol–water partition coefficient (Wildman–Crippen LogP) is 3.79. The van der Waals surface area contributed by atoms with Crippen molar-refractivity contribution in [2.75, 3.05) is 0 Å². The van der Waals surface area contributed by atoms with Crippen LogP contribution in [-0.4, -0.2) is 46.6 Å². The molecule has 13 heteroatoms. The van der Waals surface area contributed by atoms with Gasteiger partial charge < -0.3 is 14.6 Å². The highest BCUT2D eigenvalue weighted by Crippen LogP contribution is 2.57. The van der Waals surface area contributed by atoms with Crippen LogP contribution in [-0.2, 0) is 14.3 Å². The minimum Gasteiger partial charge on any atom is -0.446 e. The first kappa shape index (κ1) is 22.5. The van der Waals surface area contributed by atoms with Gasteiger partial charge in [-0.2, -0.15) is 39.5 Å². The average Bonchev–Trinajstić information content (AvgIpc) is 2.33. The number of aliphatic hydroxyl groups is 1. The van der Waals surface area contributed by atoms with Crippen molar-refractivity contribution in [3.63, 3.8) is 0 Å². The van der Waals surface area contributed by atoms with Gasteiger partial charge in [0.25, 0.3) is 5.79 Å². The molecule has 1 aliphatic heterocycles. The molecule has 1 aliphatic rings. The fraction of sp³-hybridized carbons (Fsp3) is 0.769. The minimum atomic E-state index is -6.05. The summed E-state index contributed by atoms with van der Waals surface area (Å²) in [5.74, 6) is -6.75. The molecule has 0 aromatic carbocycles. The molecule has 0 spiro atoms. The summed E-state index contributed by atoms with van der Waals surface area (Å²) in [6.45, 7) is 3.65. The second-order valence-electron chi connectivity index (χ2n) is 6.13. The van der Waals surface area contributed by atoms with Crippen LogP contribution in [0, 0.1) is 0 Å². The molecule has 0 amide bonds. The molecule has 0 saturated carbocycles. The topological polar surface area (TPSA) is 55.8 Å². The first-order chi connectivity index (χ1) is 11.2. The van der Waals surface area contributed by atoms with Crippen molar-refractivity contribution in [1.82, 2.24) is 0 Å². The van der Waals surface area contributed by atoms with Crippen molar-refractivity contribution >= 4 is 5.97 Å². The van der Waals surface area contributed by atoms with E-state index in [1.165, 1.54) is 0 Å². The van der Waals surface area contributed by atoms with Gasteiger partial charge in [0.15, 0.2) is 5.60 Å². The van der Waals surface area contributed by atoms with Gasteiger partial charge in [0.1, 0.15) is 0 Å². The van der Waals surface area contributed by atoms with E-state index < -0.39 is 59.9 Å². The van der Waals surface area contributed by atoms with Gasteiger partial charge in [-0.05, 0) is 13.8 Å². The Kier molecular flexibility index (Phi) is 5.21. The van der Waals surface area contributed by atoms with Crippen molar-refractivity contribution in [1.29, 1.82) is 0 Å². The third kappa shape index (κ3) is 3.77. The number of ether oxygens (including phenoxy) is 2. The molecule has 2 unspecified atom stereocenters. The normalized spacial score (nSPS) is 33.7. The van der Waals surface area contributed by atoms with Crippen LogP contribution in [0.25, 0.3) is 0 Å². The number of halogens is 9. The monoisotopic (exact) mass is 404 g/mol. The van der Waals surface area contributed by atoms with Crippen LogP contribution in [0.15, 0.2) is 12.2 Å². The first-order valence-electron chi connectivity index (χ1n) is 6.71. The summed E-state index contributed by atoms with van der Waals surface area (Å²) < 4.78 is 127. The highest BCUT2D eigenvalue weighted by Gasteiger charge is 2.77. The van der Waals surface area contributed by atoms with Crippen LogP contribution in [0.1, 0.15) is 26.7 Å². The summed E-state index contributed by atoms with van der Waals surface area (Å²) in [7, 11) is 0. The first-order valence-corrected chi connectivity index (χ1v) is 6.71. The molecule has 0 aromatic heterocycles. The van der Waals surface area contributed by atoms with E-state index in [-0.39, 0.29) is 6.92 Å². The number of rotatable bonds is 2. The Hall–Kier alpha value is -1.50. The second kappa shape index (κ2) is 6.01. The maximum atomic E-state index is 13.5. The lowest BCUT2D eigenvalue weighted by molar-refractivity contribution is -0.469. The third-order valence-electron chi connectivity index (χ3n) is 3.74. The molecule has 3 atom stereocenters. The molecule has 0 aliphatic carbocycles. The van der Waals surface area contributed by atoms with E-state index in [4.69, 9.17) is 0 Å². The quantitative estimate of drug-likeness (QED) is 0.432. The highest BCUT2D eigenvalue weighted by molar-refractivity contribution is 5.87. The molecule has 1 saturated heterocycles. The Morgan fingerprint density at radius 2 is 1.46 bits per heavy atom. The van der Waals surface area contributed by atoms with E-state index in [1.807, 2.05) is 0 Å². The second-order valence-corrected chi connectivity index (χ2v) is 6.13. The van der Waals surface area contributed by atoms with Crippen LogP contribution in [0.4, 0.5) is 39.5 Å². The summed E-state index contributed by atoms with van der Waals surface area (Å²) in [4.78, 5) is 11.5. The lowest BCUT2D eigenvalue weighted by atomic mass is 9.77. The minimum absolute atomic E-state index is 0.113. The summed E-state index contributed by atoms with van der Waals surface area (Å²) in [6, 6.07) is 0. The summed E-state index contributed by atoms with van der Waals surface area (Å²) in [6.07, 6.45) is -22.5. The number of esters is 1. The van der Waals surface area contributed by atoms with Crippen LogP contribution < -0.4 is 0 Å². The lowest BCUT2D eigenvalue weighted by Crippen LogP contribution is -2.71. The van der Waals surface area contributed by atoms with Crippen molar-refractivity contribution in [3.8, 4) is 0 Å². The number of carbonyl (C=O) groups is 1. The van der Waals surface area contributed by atoms with Crippen LogP contribution in [0.3, 0.4) is 0 Å².